The predicted molar refractivity (Wildman–Crippen MR) is 81.1 cm³/mol. The summed E-state index contributed by atoms with van der Waals surface area (Å²) in [5, 5.41) is 22.9. The first-order valence-electron chi connectivity index (χ1n) is 6.34. The lowest BCUT2D eigenvalue weighted by Gasteiger charge is -2.08. The number of rotatable bonds is 6. The van der Waals surface area contributed by atoms with Crippen LogP contribution in [0, 0.1) is 10.1 Å². The van der Waals surface area contributed by atoms with Gasteiger partial charge in [0.25, 0.3) is 5.69 Å². The van der Waals surface area contributed by atoms with Gasteiger partial charge in [-0.05, 0) is 24.6 Å². The van der Waals surface area contributed by atoms with Gasteiger partial charge in [0, 0.05) is 28.4 Å². The van der Waals surface area contributed by atoms with Gasteiger partial charge in [-0.15, -0.1) is 11.3 Å². The molecule has 1 aromatic carbocycles. The number of benzene rings is 1. The molecular formula is C14H14N2O4S. The van der Waals surface area contributed by atoms with Gasteiger partial charge in [0.05, 0.1) is 16.2 Å². The first-order chi connectivity index (χ1) is 10.0. The third-order valence-electron chi connectivity index (χ3n) is 2.96. The maximum Gasteiger partial charge on any atom is 0.337 e. The molecule has 0 fully saturated rings. The van der Waals surface area contributed by atoms with E-state index in [0.717, 1.165) is 11.3 Å². The van der Waals surface area contributed by atoms with Crippen LogP contribution in [0.5, 0.6) is 0 Å². The number of hydrogen-bond acceptors (Lipinski definition) is 5. The fourth-order valence-electron chi connectivity index (χ4n) is 1.87. The van der Waals surface area contributed by atoms with Crippen LogP contribution >= 0.6 is 11.3 Å². The minimum absolute atomic E-state index is 0.0212. The van der Waals surface area contributed by atoms with Crippen molar-refractivity contribution in [2.75, 3.05) is 5.32 Å². The highest BCUT2D eigenvalue weighted by Gasteiger charge is 2.15. The molecule has 110 valence electrons. The summed E-state index contributed by atoms with van der Waals surface area (Å²) in [6.07, 6.45) is 0.946. The van der Waals surface area contributed by atoms with E-state index in [1.807, 2.05) is 12.1 Å². The SMILES string of the molecule is CCc1ccc(CNc2cc([N+](=O)[O-])ccc2C(=O)O)s1. The first-order valence-corrected chi connectivity index (χ1v) is 7.16. The molecule has 0 amide bonds. The van der Waals surface area contributed by atoms with Gasteiger partial charge in [-0.1, -0.05) is 6.92 Å². The average molecular weight is 306 g/mol. The molecule has 21 heavy (non-hydrogen) atoms. The molecule has 6 nitrogen and oxygen atoms in total. The summed E-state index contributed by atoms with van der Waals surface area (Å²) >= 11 is 1.63. The predicted octanol–water partition coefficient (Wildman–Crippen LogP) is 3.53. The van der Waals surface area contributed by atoms with Gasteiger partial charge in [-0.3, -0.25) is 10.1 Å². The topological polar surface area (TPSA) is 92.5 Å². The van der Waals surface area contributed by atoms with Gasteiger partial charge >= 0.3 is 5.97 Å². The molecule has 2 N–H and O–H groups in total. The van der Waals surface area contributed by atoms with Gasteiger partial charge in [0.1, 0.15) is 0 Å². The highest BCUT2D eigenvalue weighted by atomic mass is 32.1. The van der Waals surface area contributed by atoms with Crippen molar-refractivity contribution in [2.45, 2.75) is 19.9 Å². The standard InChI is InChI=1S/C14H14N2O4S/c1-2-10-4-5-11(21-10)8-15-13-7-9(16(19)20)3-6-12(13)14(17)18/h3-7,15H,2,8H2,1H3,(H,17,18). The van der Waals surface area contributed by atoms with Gasteiger partial charge in [0.2, 0.25) is 0 Å². The maximum absolute atomic E-state index is 11.2. The van der Waals surface area contributed by atoms with Crippen molar-refractivity contribution in [1.82, 2.24) is 0 Å². The quantitative estimate of drug-likeness (QED) is 0.629. The fraction of sp³-hybridized carbons (Fsp3) is 0.214. The van der Waals surface area contributed by atoms with Crippen molar-refractivity contribution < 1.29 is 14.8 Å². The Morgan fingerprint density at radius 1 is 1.33 bits per heavy atom. The third kappa shape index (κ3) is 3.57. The van der Waals surface area contributed by atoms with Gasteiger partial charge in [-0.2, -0.15) is 0 Å². The maximum atomic E-state index is 11.2. The third-order valence-corrected chi connectivity index (χ3v) is 4.19. The number of nitro benzene ring substituents is 1. The molecule has 0 spiro atoms. The molecule has 2 rings (SSSR count). The number of hydrogen-bond donors (Lipinski definition) is 2. The van der Waals surface area contributed by atoms with Crippen molar-refractivity contribution in [2.24, 2.45) is 0 Å². The van der Waals surface area contributed by atoms with E-state index in [4.69, 9.17) is 5.11 Å². The summed E-state index contributed by atoms with van der Waals surface area (Å²) in [7, 11) is 0. The summed E-state index contributed by atoms with van der Waals surface area (Å²) < 4.78 is 0. The second kappa shape index (κ2) is 6.36. The van der Waals surface area contributed by atoms with E-state index < -0.39 is 10.9 Å². The van der Waals surface area contributed by atoms with E-state index >= 15 is 0 Å². The summed E-state index contributed by atoms with van der Waals surface area (Å²) in [6.45, 7) is 2.50. The van der Waals surface area contributed by atoms with Crippen LogP contribution in [-0.2, 0) is 13.0 Å². The molecule has 0 aliphatic rings. The number of aromatic carboxylic acids is 1. The number of carboxylic acid groups (broad SMARTS) is 1. The van der Waals surface area contributed by atoms with Gasteiger partial charge in [0.15, 0.2) is 0 Å². The number of carbonyl (C=O) groups is 1. The first kappa shape index (κ1) is 15.0. The molecule has 1 heterocycles. The number of thiophene rings is 1. The fourth-order valence-corrected chi connectivity index (χ4v) is 2.77. The lowest BCUT2D eigenvalue weighted by molar-refractivity contribution is -0.384. The Balaban J connectivity index is 2.22. The van der Waals surface area contributed by atoms with Crippen LogP contribution in [0.1, 0.15) is 27.0 Å². The van der Waals surface area contributed by atoms with Crippen LogP contribution < -0.4 is 5.32 Å². The second-order valence-electron chi connectivity index (χ2n) is 4.37. The van der Waals surface area contributed by atoms with Crippen LogP contribution in [0.4, 0.5) is 11.4 Å². The Bertz CT molecular complexity index is 681. The molecule has 1 aromatic heterocycles. The number of nitrogens with zero attached hydrogens (tertiary/aromatic N) is 1. The summed E-state index contributed by atoms with van der Waals surface area (Å²) in [6, 6.07) is 7.67. The van der Waals surface area contributed by atoms with E-state index in [-0.39, 0.29) is 16.9 Å². The number of nitrogens with one attached hydrogen (secondary N) is 1. The smallest absolute Gasteiger partial charge is 0.337 e. The van der Waals surface area contributed by atoms with Crippen LogP contribution in [0.3, 0.4) is 0 Å². The molecule has 0 radical (unpaired) electrons. The highest BCUT2D eigenvalue weighted by Crippen LogP contribution is 2.24. The summed E-state index contributed by atoms with van der Waals surface area (Å²) in [5.74, 6) is -1.12. The molecular weight excluding hydrogens is 292 g/mol. The number of carboxylic acids is 1. The zero-order valence-corrected chi connectivity index (χ0v) is 12.1. The van der Waals surface area contributed by atoms with Crippen molar-refractivity contribution in [3.05, 3.63) is 55.8 Å². The highest BCUT2D eigenvalue weighted by molar-refractivity contribution is 7.12. The molecule has 0 aliphatic heterocycles. The number of anilines is 1. The molecule has 0 atom stereocenters. The molecule has 0 saturated carbocycles. The summed E-state index contributed by atoms with van der Waals surface area (Å²) in [5.41, 5.74) is 0.138. The molecule has 2 aromatic rings. The Hall–Kier alpha value is -2.41. The van der Waals surface area contributed by atoms with Gasteiger partial charge in [-0.25, -0.2) is 4.79 Å². The zero-order chi connectivity index (χ0) is 15.4. The minimum atomic E-state index is -1.12. The largest absolute Gasteiger partial charge is 0.478 e. The molecule has 0 unspecified atom stereocenters. The van der Waals surface area contributed by atoms with Crippen LogP contribution in [0.25, 0.3) is 0 Å². The van der Waals surface area contributed by atoms with Gasteiger partial charge < -0.3 is 10.4 Å². The van der Waals surface area contributed by atoms with Crippen LogP contribution in [0.15, 0.2) is 30.3 Å². The Labute approximate surface area is 125 Å². The Morgan fingerprint density at radius 3 is 2.62 bits per heavy atom. The zero-order valence-electron chi connectivity index (χ0n) is 11.3. The van der Waals surface area contributed by atoms with E-state index in [2.05, 4.69) is 12.2 Å². The Kier molecular flexibility index (Phi) is 4.54. The van der Waals surface area contributed by atoms with Crippen LogP contribution in [0.2, 0.25) is 0 Å². The van der Waals surface area contributed by atoms with Crippen LogP contribution in [-0.4, -0.2) is 16.0 Å². The molecule has 0 aliphatic carbocycles. The number of non-ortho nitro benzene ring substituents is 1. The normalized spacial score (nSPS) is 10.3. The van der Waals surface area contributed by atoms with Crippen molar-refractivity contribution in [1.29, 1.82) is 0 Å². The number of nitro groups is 1. The lowest BCUT2D eigenvalue weighted by Crippen LogP contribution is -2.06. The van der Waals surface area contributed by atoms with E-state index in [1.54, 1.807) is 11.3 Å². The van der Waals surface area contributed by atoms with Crippen molar-refractivity contribution >= 4 is 28.7 Å². The Morgan fingerprint density at radius 2 is 2.05 bits per heavy atom. The monoisotopic (exact) mass is 306 g/mol. The summed E-state index contributed by atoms with van der Waals surface area (Å²) in [4.78, 5) is 23.7. The minimum Gasteiger partial charge on any atom is -0.478 e. The average Bonchev–Trinajstić information content (AvgIpc) is 2.92. The van der Waals surface area contributed by atoms with E-state index in [0.29, 0.717) is 6.54 Å². The van der Waals surface area contributed by atoms with Crippen molar-refractivity contribution in [3.8, 4) is 0 Å². The van der Waals surface area contributed by atoms with E-state index in [9.17, 15) is 14.9 Å². The second-order valence-corrected chi connectivity index (χ2v) is 5.62. The molecule has 0 saturated heterocycles. The lowest BCUT2D eigenvalue weighted by atomic mass is 10.1. The van der Waals surface area contributed by atoms with Crippen molar-refractivity contribution in [3.63, 3.8) is 0 Å². The molecule has 7 heteroatoms. The number of aryl methyl sites for hydroxylation is 1. The molecule has 0 bridgehead atoms. The van der Waals surface area contributed by atoms with E-state index in [1.165, 1.54) is 23.1 Å².